The second kappa shape index (κ2) is 8.65. The molecule has 7 heteroatoms. The van der Waals surface area contributed by atoms with Gasteiger partial charge in [-0.1, -0.05) is 35.9 Å². The van der Waals surface area contributed by atoms with Gasteiger partial charge in [0.05, 0.1) is 11.4 Å². The second-order valence-electron chi connectivity index (χ2n) is 6.36. The Balaban J connectivity index is 0.00000210. The van der Waals surface area contributed by atoms with Crippen molar-refractivity contribution >= 4 is 35.6 Å². The minimum Gasteiger partial charge on any atom is -0.322 e. The first kappa shape index (κ1) is 19.5. The summed E-state index contributed by atoms with van der Waals surface area (Å²) in [6.45, 7) is 2.59. The number of hydrogen-bond acceptors (Lipinski definition) is 4. The normalized spacial score (nSPS) is 13.6. The molecule has 0 amide bonds. The predicted octanol–water partition coefficient (Wildman–Crippen LogP) is 4.99. The van der Waals surface area contributed by atoms with Crippen LogP contribution < -0.4 is 5.32 Å². The van der Waals surface area contributed by atoms with Gasteiger partial charge >= 0.3 is 0 Å². The fourth-order valence-electron chi connectivity index (χ4n) is 3.10. The predicted molar refractivity (Wildman–Crippen MR) is 108 cm³/mol. The molecule has 1 aromatic heterocycles. The van der Waals surface area contributed by atoms with Crippen molar-refractivity contribution in [3.63, 3.8) is 0 Å². The molecular weight excluding hydrogens is 386 g/mol. The highest BCUT2D eigenvalue weighted by Gasteiger charge is 2.19. The van der Waals surface area contributed by atoms with Gasteiger partial charge in [0, 0.05) is 42.8 Å². The molecule has 2 heterocycles. The van der Waals surface area contributed by atoms with Crippen LogP contribution in [0.2, 0.25) is 5.02 Å². The van der Waals surface area contributed by atoms with Gasteiger partial charge in [0.15, 0.2) is 0 Å². The molecule has 4 nitrogen and oxygen atoms in total. The molecule has 0 fully saturated rings. The fraction of sp³-hybridized carbons (Fsp3) is 0.200. The first-order valence-corrected chi connectivity index (χ1v) is 8.88. The lowest BCUT2D eigenvalue weighted by Gasteiger charge is -2.28. The van der Waals surface area contributed by atoms with Crippen LogP contribution >= 0.6 is 24.0 Å². The van der Waals surface area contributed by atoms with Crippen LogP contribution in [0.1, 0.15) is 16.8 Å². The first-order chi connectivity index (χ1) is 12.7. The smallest absolute Gasteiger partial charge is 0.227 e. The van der Waals surface area contributed by atoms with Crippen molar-refractivity contribution in [2.75, 3.05) is 11.9 Å². The van der Waals surface area contributed by atoms with E-state index in [4.69, 9.17) is 11.6 Å². The molecule has 140 valence electrons. The van der Waals surface area contributed by atoms with Gasteiger partial charge in [0.1, 0.15) is 5.82 Å². The van der Waals surface area contributed by atoms with Crippen LogP contribution in [0.25, 0.3) is 0 Å². The van der Waals surface area contributed by atoms with E-state index >= 15 is 0 Å². The Morgan fingerprint density at radius 3 is 2.67 bits per heavy atom. The van der Waals surface area contributed by atoms with Gasteiger partial charge < -0.3 is 5.32 Å². The third-order valence-electron chi connectivity index (χ3n) is 4.45. The number of fused-ring (bicyclic) bond motifs is 1. The highest BCUT2D eigenvalue weighted by Crippen LogP contribution is 2.22. The number of nitrogens with zero attached hydrogens (tertiary/aromatic N) is 3. The maximum atomic E-state index is 13.8. The summed E-state index contributed by atoms with van der Waals surface area (Å²) in [4.78, 5) is 11.3. The summed E-state index contributed by atoms with van der Waals surface area (Å²) < 4.78 is 13.8. The minimum absolute atomic E-state index is 0. The van der Waals surface area contributed by atoms with E-state index in [0.717, 1.165) is 42.3 Å². The monoisotopic (exact) mass is 404 g/mol. The number of nitrogens with one attached hydrogen (secondary N) is 1. The molecule has 3 aromatic rings. The van der Waals surface area contributed by atoms with Gasteiger partial charge in [-0.05, 0) is 29.8 Å². The Hall–Kier alpha value is -2.21. The maximum absolute atomic E-state index is 13.8. The zero-order valence-corrected chi connectivity index (χ0v) is 16.1. The highest BCUT2D eigenvalue weighted by molar-refractivity contribution is 6.30. The fourth-order valence-corrected chi connectivity index (χ4v) is 3.23. The molecule has 4 rings (SSSR count). The first-order valence-electron chi connectivity index (χ1n) is 8.50. The molecular formula is C20H19Cl2FN4. The average Bonchev–Trinajstić information content (AvgIpc) is 2.66. The number of anilines is 2. The van der Waals surface area contributed by atoms with E-state index in [0.29, 0.717) is 11.6 Å². The molecule has 0 aliphatic carbocycles. The number of hydrogen-bond donors (Lipinski definition) is 1. The van der Waals surface area contributed by atoms with Crippen molar-refractivity contribution in [2.24, 2.45) is 0 Å². The Kier molecular flexibility index (Phi) is 6.26. The van der Waals surface area contributed by atoms with Crippen molar-refractivity contribution in [1.82, 2.24) is 14.9 Å². The molecule has 0 spiro atoms. The third kappa shape index (κ3) is 4.75. The third-order valence-corrected chi connectivity index (χ3v) is 4.70. The summed E-state index contributed by atoms with van der Waals surface area (Å²) in [5.74, 6) is 0.114. The molecule has 0 saturated heterocycles. The van der Waals surface area contributed by atoms with Crippen LogP contribution in [0, 0.1) is 5.82 Å². The zero-order valence-electron chi connectivity index (χ0n) is 14.5. The molecule has 1 aliphatic rings. The summed E-state index contributed by atoms with van der Waals surface area (Å²) in [7, 11) is 0. The summed E-state index contributed by atoms with van der Waals surface area (Å²) in [6.07, 6.45) is 2.68. The Labute approximate surface area is 168 Å². The molecule has 0 unspecified atom stereocenters. The topological polar surface area (TPSA) is 41.1 Å². The lowest BCUT2D eigenvalue weighted by molar-refractivity contribution is 0.243. The molecule has 2 aromatic carbocycles. The summed E-state index contributed by atoms with van der Waals surface area (Å²) in [6, 6.07) is 14.5. The lowest BCUT2D eigenvalue weighted by Crippen LogP contribution is -2.31. The quantitative estimate of drug-likeness (QED) is 0.664. The van der Waals surface area contributed by atoms with Crippen LogP contribution in [0.15, 0.2) is 54.7 Å². The van der Waals surface area contributed by atoms with Gasteiger partial charge in [-0.3, -0.25) is 4.90 Å². The van der Waals surface area contributed by atoms with Gasteiger partial charge in [0.2, 0.25) is 5.95 Å². The van der Waals surface area contributed by atoms with Crippen molar-refractivity contribution in [2.45, 2.75) is 19.5 Å². The number of aromatic nitrogens is 2. The highest BCUT2D eigenvalue weighted by atomic mass is 35.5. The van der Waals surface area contributed by atoms with E-state index in [1.165, 1.54) is 11.6 Å². The van der Waals surface area contributed by atoms with Crippen molar-refractivity contribution < 1.29 is 4.39 Å². The Bertz CT molecular complexity index is 918. The lowest BCUT2D eigenvalue weighted by atomic mass is 10.1. The Morgan fingerprint density at radius 2 is 1.89 bits per heavy atom. The van der Waals surface area contributed by atoms with E-state index in [9.17, 15) is 4.39 Å². The number of benzene rings is 2. The van der Waals surface area contributed by atoms with E-state index < -0.39 is 0 Å². The zero-order chi connectivity index (χ0) is 17.9. The molecule has 0 atom stereocenters. The van der Waals surface area contributed by atoms with Crippen molar-refractivity contribution in [3.8, 4) is 0 Å². The van der Waals surface area contributed by atoms with Crippen molar-refractivity contribution in [3.05, 3.63) is 82.4 Å². The molecule has 1 aliphatic heterocycles. The van der Waals surface area contributed by atoms with Gasteiger partial charge in [0.25, 0.3) is 0 Å². The van der Waals surface area contributed by atoms with Crippen LogP contribution in [0.5, 0.6) is 0 Å². The van der Waals surface area contributed by atoms with Crippen LogP contribution in [-0.4, -0.2) is 21.4 Å². The SMILES string of the molecule is Cl.Fc1ccccc1Nc1ncc2c(n1)CCN(Cc1ccc(Cl)cc1)C2. The number of rotatable bonds is 4. The minimum atomic E-state index is -0.317. The van der Waals surface area contributed by atoms with E-state index in [-0.39, 0.29) is 18.2 Å². The number of para-hydroxylation sites is 1. The van der Waals surface area contributed by atoms with Crippen LogP contribution in [0.3, 0.4) is 0 Å². The average molecular weight is 405 g/mol. The van der Waals surface area contributed by atoms with Crippen LogP contribution in [0.4, 0.5) is 16.0 Å². The molecule has 27 heavy (non-hydrogen) atoms. The summed E-state index contributed by atoms with van der Waals surface area (Å²) in [5.41, 5.74) is 3.75. The van der Waals surface area contributed by atoms with E-state index in [2.05, 4.69) is 32.3 Å². The standard InChI is InChI=1S/C20H18ClFN4.ClH/c21-16-7-5-14(6-8-16)12-26-10-9-18-15(13-26)11-23-20(24-18)25-19-4-2-1-3-17(19)22;/h1-8,11H,9-10,12-13H2,(H,23,24,25);1H. The largest absolute Gasteiger partial charge is 0.322 e. The van der Waals surface area contributed by atoms with E-state index in [1.807, 2.05) is 18.3 Å². The molecule has 0 saturated carbocycles. The van der Waals surface area contributed by atoms with Gasteiger partial charge in [-0.15, -0.1) is 12.4 Å². The maximum Gasteiger partial charge on any atom is 0.227 e. The second-order valence-corrected chi connectivity index (χ2v) is 6.79. The van der Waals surface area contributed by atoms with Gasteiger partial charge in [-0.25, -0.2) is 14.4 Å². The summed E-state index contributed by atoms with van der Waals surface area (Å²) >= 11 is 5.94. The molecule has 0 radical (unpaired) electrons. The number of halogens is 3. The molecule has 1 N–H and O–H groups in total. The van der Waals surface area contributed by atoms with Gasteiger partial charge in [-0.2, -0.15) is 0 Å². The van der Waals surface area contributed by atoms with E-state index in [1.54, 1.807) is 18.2 Å². The van der Waals surface area contributed by atoms with Crippen molar-refractivity contribution in [1.29, 1.82) is 0 Å². The van der Waals surface area contributed by atoms with Crippen LogP contribution in [-0.2, 0) is 19.5 Å². The molecule has 0 bridgehead atoms. The summed E-state index contributed by atoms with van der Waals surface area (Å²) in [5, 5.41) is 3.71. The Morgan fingerprint density at radius 1 is 1.11 bits per heavy atom.